The molecule has 0 aromatic carbocycles. The van der Waals surface area contributed by atoms with Gasteiger partial charge in [-0.1, -0.05) is 25.7 Å². The van der Waals surface area contributed by atoms with E-state index in [0.717, 1.165) is 13.1 Å². The van der Waals surface area contributed by atoms with Gasteiger partial charge in [0.15, 0.2) is 0 Å². The monoisotopic (exact) mass is 238 g/mol. The van der Waals surface area contributed by atoms with Crippen molar-refractivity contribution in [3.63, 3.8) is 0 Å². The number of rotatable bonds is 3. The van der Waals surface area contributed by atoms with Crippen LogP contribution in [0.3, 0.4) is 0 Å². The lowest BCUT2D eigenvalue weighted by Crippen LogP contribution is -2.41. The number of likely N-dealkylation sites (N-methyl/N-ethyl adjacent to an activating group) is 1. The van der Waals surface area contributed by atoms with Crippen LogP contribution in [0.4, 0.5) is 0 Å². The van der Waals surface area contributed by atoms with Crippen LogP contribution in [0.15, 0.2) is 0 Å². The molecule has 98 valence electrons. The number of amides is 1. The van der Waals surface area contributed by atoms with Gasteiger partial charge in [0, 0.05) is 19.1 Å². The second-order valence-corrected chi connectivity index (χ2v) is 5.65. The molecule has 1 aliphatic carbocycles. The van der Waals surface area contributed by atoms with Gasteiger partial charge in [-0.2, -0.15) is 0 Å². The molecule has 3 nitrogen and oxygen atoms in total. The van der Waals surface area contributed by atoms with Crippen molar-refractivity contribution >= 4 is 5.91 Å². The van der Waals surface area contributed by atoms with Crippen LogP contribution in [0.25, 0.3) is 0 Å². The number of likely N-dealkylation sites (tertiary alicyclic amines) is 1. The van der Waals surface area contributed by atoms with Crippen molar-refractivity contribution in [2.45, 2.75) is 57.4 Å². The van der Waals surface area contributed by atoms with Gasteiger partial charge < -0.3 is 4.90 Å². The molecule has 1 saturated heterocycles. The summed E-state index contributed by atoms with van der Waals surface area (Å²) in [6.07, 6.45) is 10.4. The maximum Gasteiger partial charge on any atom is 0.236 e. The first-order valence-electron chi connectivity index (χ1n) is 7.25. The molecule has 0 aromatic rings. The van der Waals surface area contributed by atoms with E-state index in [4.69, 9.17) is 0 Å². The molecule has 0 radical (unpaired) electrons. The van der Waals surface area contributed by atoms with Gasteiger partial charge in [-0.15, -0.1) is 0 Å². The smallest absolute Gasteiger partial charge is 0.236 e. The van der Waals surface area contributed by atoms with Crippen molar-refractivity contribution in [2.24, 2.45) is 0 Å². The summed E-state index contributed by atoms with van der Waals surface area (Å²) in [7, 11) is 2.13. The summed E-state index contributed by atoms with van der Waals surface area (Å²) in [5.74, 6) is 0.342. The molecule has 2 rings (SSSR count). The highest BCUT2D eigenvalue weighted by Crippen LogP contribution is 2.21. The molecule has 1 amide bonds. The van der Waals surface area contributed by atoms with Crippen LogP contribution in [-0.4, -0.2) is 48.4 Å². The van der Waals surface area contributed by atoms with Crippen LogP contribution in [0.1, 0.15) is 51.4 Å². The van der Waals surface area contributed by atoms with Gasteiger partial charge in [-0.3, -0.25) is 9.69 Å². The average Bonchev–Trinajstić information content (AvgIpc) is 2.71. The van der Waals surface area contributed by atoms with E-state index in [9.17, 15) is 4.79 Å². The fourth-order valence-electron chi connectivity index (χ4n) is 3.11. The van der Waals surface area contributed by atoms with Gasteiger partial charge in [-0.25, -0.2) is 0 Å². The Bertz CT molecular complexity index is 241. The van der Waals surface area contributed by atoms with Crippen molar-refractivity contribution in [3.8, 4) is 0 Å². The van der Waals surface area contributed by atoms with E-state index in [1.165, 1.54) is 51.4 Å². The minimum absolute atomic E-state index is 0.342. The summed E-state index contributed by atoms with van der Waals surface area (Å²) in [4.78, 5) is 16.4. The van der Waals surface area contributed by atoms with E-state index in [0.29, 0.717) is 18.5 Å². The zero-order chi connectivity index (χ0) is 12.1. The van der Waals surface area contributed by atoms with Gasteiger partial charge in [0.25, 0.3) is 0 Å². The summed E-state index contributed by atoms with van der Waals surface area (Å²) < 4.78 is 0. The third-order valence-corrected chi connectivity index (χ3v) is 4.29. The maximum atomic E-state index is 12.1. The predicted octanol–water partition coefficient (Wildman–Crippen LogP) is 2.26. The Balaban J connectivity index is 1.78. The van der Waals surface area contributed by atoms with Crippen molar-refractivity contribution in [1.29, 1.82) is 0 Å². The predicted molar refractivity (Wildman–Crippen MR) is 69.9 cm³/mol. The number of carbonyl (C=O) groups excluding carboxylic acids is 1. The molecule has 2 aliphatic rings. The van der Waals surface area contributed by atoms with E-state index in [1.54, 1.807) is 0 Å². The molecule has 17 heavy (non-hydrogen) atoms. The van der Waals surface area contributed by atoms with Gasteiger partial charge in [0.2, 0.25) is 5.91 Å². The number of hydrogen-bond donors (Lipinski definition) is 0. The van der Waals surface area contributed by atoms with E-state index in [-0.39, 0.29) is 0 Å². The molecule has 0 spiro atoms. The van der Waals surface area contributed by atoms with Crippen molar-refractivity contribution in [1.82, 2.24) is 9.80 Å². The summed E-state index contributed by atoms with van der Waals surface area (Å²) >= 11 is 0. The molecular weight excluding hydrogens is 212 g/mol. The Kier molecular flexibility index (Phi) is 4.84. The lowest BCUT2D eigenvalue weighted by molar-refractivity contribution is -0.131. The van der Waals surface area contributed by atoms with Gasteiger partial charge in [-0.05, 0) is 32.7 Å². The molecule has 0 aromatic heterocycles. The quantitative estimate of drug-likeness (QED) is 0.704. The van der Waals surface area contributed by atoms with Gasteiger partial charge >= 0.3 is 0 Å². The Hall–Kier alpha value is -0.570. The highest BCUT2D eigenvalue weighted by atomic mass is 16.2. The Morgan fingerprint density at radius 3 is 2.24 bits per heavy atom. The molecule has 1 aliphatic heterocycles. The van der Waals surface area contributed by atoms with Crippen LogP contribution >= 0.6 is 0 Å². The van der Waals surface area contributed by atoms with Crippen LogP contribution in [0.5, 0.6) is 0 Å². The fraction of sp³-hybridized carbons (Fsp3) is 0.929. The first-order valence-corrected chi connectivity index (χ1v) is 7.25. The highest BCUT2D eigenvalue weighted by Gasteiger charge is 2.23. The maximum absolute atomic E-state index is 12.1. The Morgan fingerprint density at radius 1 is 1.06 bits per heavy atom. The van der Waals surface area contributed by atoms with Crippen molar-refractivity contribution in [2.75, 3.05) is 26.7 Å². The summed E-state index contributed by atoms with van der Waals surface area (Å²) in [6, 6.07) is 0.643. The minimum Gasteiger partial charge on any atom is -0.342 e. The second kappa shape index (κ2) is 6.39. The topological polar surface area (TPSA) is 23.6 Å². The van der Waals surface area contributed by atoms with Crippen LogP contribution in [0.2, 0.25) is 0 Å². The molecule has 0 atom stereocenters. The standard InChI is InChI=1S/C14H26N2O/c1-15(13-8-4-2-3-5-9-13)12-14(17)16-10-6-7-11-16/h13H,2-12H2,1H3. The van der Waals surface area contributed by atoms with Crippen LogP contribution in [0, 0.1) is 0 Å². The molecule has 1 heterocycles. The fourth-order valence-corrected chi connectivity index (χ4v) is 3.11. The molecular formula is C14H26N2O. The first kappa shape index (κ1) is 12.9. The molecule has 2 fully saturated rings. The number of carbonyl (C=O) groups is 1. The molecule has 0 bridgehead atoms. The van der Waals surface area contributed by atoms with E-state index in [1.807, 2.05) is 4.90 Å². The normalized spacial score (nSPS) is 23.1. The van der Waals surface area contributed by atoms with Gasteiger partial charge in [0.05, 0.1) is 6.54 Å². The second-order valence-electron chi connectivity index (χ2n) is 5.65. The molecule has 3 heteroatoms. The van der Waals surface area contributed by atoms with Crippen molar-refractivity contribution in [3.05, 3.63) is 0 Å². The third-order valence-electron chi connectivity index (χ3n) is 4.29. The third kappa shape index (κ3) is 3.70. The lowest BCUT2D eigenvalue weighted by atomic mass is 10.1. The van der Waals surface area contributed by atoms with Crippen LogP contribution in [-0.2, 0) is 4.79 Å². The number of nitrogens with zero attached hydrogens (tertiary/aromatic N) is 2. The lowest BCUT2D eigenvalue weighted by Gasteiger charge is -2.28. The van der Waals surface area contributed by atoms with E-state index in [2.05, 4.69) is 11.9 Å². The van der Waals surface area contributed by atoms with E-state index >= 15 is 0 Å². The Morgan fingerprint density at radius 2 is 1.65 bits per heavy atom. The van der Waals surface area contributed by atoms with Crippen LogP contribution < -0.4 is 0 Å². The first-order chi connectivity index (χ1) is 8.27. The zero-order valence-corrected chi connectivity index (χ0v) is 11.2. The molecule has 1 saturated carbocycles. The molecule has 0 N–H and O–H groups in total. The Labute approximate surface area is 105 Å². The number of hydrogen-bond acceptors (Lipinski definition) is 2. The van der Waals surface area contributed by atoms with Crippen molar-refractivity contribution < 1.29 is 4.79 Å². The summed E-state index contributed by atoms with van der Waals surface area (Å²) in [5.41, 5.74) is 0. The minimum atomic E-state index is 0.342. The van der Waals surface area contributed by atoms with E-state index < -0.39 is 0 Å². The molecule has 0 unspecified atom stereocenters. The average molecular weight is 238 g/mol. The largest absolute Gasteiger partial charge is 0.342 e. The zero-order valence-electron chi connectivity index (χ0n) is 11.2. The van der Waals surface area contributed by atoms with Gasteiger partial charge in [0.1, 0.15) is 0 Å². The summed E-state index contributed by atoms with van der Waals surface area (Å²) in [5, 5.41) is 0. The summed E-state index contributed by atoms with van der Waals surface area (Å²) in [6.45, 7) is 2.60. The highest BCUT2D eigenvalue weighted by molar-refractivity contribution is 5.78. The SMILES string of the molecule is CN(CC(=O)N1CCCC1)C1CCCCCC1.